The standard InChI is InChI=1S/C15H17BrF2N4O.C2HF3O2/c16-11-1-2-12-8-13(21-22(12)9-11)20-14(23)7-10-3-5-19-6-4-15(10,17)18;3-2(4,5)1(6)7/h1-2,8-10,19H,3-7H2,(H,20,21,23);(H,6,7). The molecule has 2 aromatic rings. The largest absolute Gasteiger partial charge is 0.490 e. The minimum atomic E-state index is -5.08. The topological polar surface area (TPSA) is 95.7 Å². The van der Waals surface area contributed by atoms with E-state index in [9.17, 15) is 26.7 Å². The zero-order chi connectivity index (χ0) is 22.5. The van der Waals surface area contributed by atoms with Crippen LogP contribution in [0.5, 0.6) is 0 Å². The molecular formula is C17H18BrF5N4O3. The summed E-state index contributed by atoms with van der Waals surface area (Å²) in [7, 11) is 0. The molecule has 1 unspecified atom stereocenters. The zero-order valence-electron chi connectivity index (χ0n) is 15.3. The summed E-state index contributed by atoms with van der Waals surface area (Å²) in [6.07, 6.45) is -3.46. The fourth-order valence-electron chi connectivity index (χ4n) is 2.76. The van der Waals surface area contributed by atoms with Crippen molar-refractivity contribution in [3.05, 3.63) is 28.9 Å². The Morgan fingerprint density at radius 2 is 2.00 bits per heavy atom. The van der Waals surface area contributed by atoms with Gasteiger partial charge < -0.3 is 15.7 Å². The predicted octanol–water partition coefficient (Wildman–Crippen LogP) is 3.69. The summed E-state index contributed by atoms with van der Waals surface area (Å²) in [6, 6.07) is 5.41. The van der Waals surface area contributed by atoms with Crippen molar-refractivity contribution in [2.75, 3.05) is 18.4 Å². The van der Waals surface area contributed by atoms with E-state index in [2.05, 4.69) is 31.7 Å². The number of rotatable bonds is 3. The average molecular weight is 501 g/mol. The molecule has 1 aliphatic heterocycles. The average Bonchev–Trinajstić information content (AvgIpc) is 2.92. The molecule has 0 radical (unpaired) electrons. The van der Waals surface area contributed by atoms with E-state index in [0.717, 1.165) is 9.99 Å². The van der Waals surface area contributed by atoms with Gasteiger partial charge in [0.1, 0.15) is 0 Å². The van der Waals surface area contributed by atoms with E-state index < -0.39 is 29.9 Å². The van der Waals surface area contributed by atoms with Crippen LogP contribution in [0.25, 0.3) is 5.52 Å². The Kier molecular flexibility index (Phi) is 7.75. The number of aliphatic carboxylic acids is 1. The normalized spacial score (nSPS) is 18.8. The summed E-state index contributed by atoms with van der Waals surface area (Å²) in [6.45, 7) is 0.794. The number of carbonyl (C=O) groups is 2. The second-order valence-corrected chi connectivity index (χ2v) is 7.46. The lowest BCUT2D eigenvalue weighted by Crippen LogP contribution is -2.31. The van der Waals surface area contributed by atoms with Crippen LogP contribution in [0, 0.1) is 5.92 Å². The molecule has 0 spiro atoms. The number of carboxylic acids is 1. The molecule has 1 atom stereocenters. The number of nitrogens with zero attached hydrogens (tertiary/aromatic N) is 2. The van der Waals surface area contributed by atoms with Gasteiger partial charge in [0, 0.05) is 42.0 Å². The number of pyridine rings is 1. The smallest absolute Gasteiger partial charge is 0.475 e. The van der Waals surface area contributed by atoms with E-state index in [1.807, 2.05) is 12.1 Å². The maximum absolute atomic E-state index is 14.0. The molecule has 0 aliphatic carbocycles. The Morgan fingerprint density at radius 1 is 1.33 bits per heavy atom. The van der Waals surface area contributed by atoms with Gasteiger partial charge in [-0.3, -0.25) is 4.79 Å². The summed E-state index contributed by atoms with van der Waals surface area (Å²) >= 11 is 3.34. The van der Waals surface area contributed by atoms with Gasteiger partial charge >= 0.3 is 12.1 Å². The van der Waals surface area contributed by atoms with Crippen LogP contribution in [-0.2, 0) is 9.59 Å². The molecule has 0 bridgehead atoms. The Hall–Kier alpha value is -2.28. The molecule has 1 amide bonds. The maximum atomic E-state index is 14.0. The van der Waals surface area contributed by atoms with E-state index in [1.165, 1.54) is 0 Å². The molecule has 1 aliphatic rings. The molecule has 7 nitrogen and oxygen atoms in total. The quantitative estimate of drug-likeness (QED) is 0.558. The molecule has 0 aromatic carbocycles. The summed E-state index contributed by atoms with van der Waals surface area (Å²) in [5.41, 5.74) is 0.812. The first-order chi connectivity index (χ1) is 13.9. The molecule has 2 aromatic heterocycles. The second-order valence-electron chi connectivity index (χ2n) is 6.55. The molecule has 0 saturated carbocycles. The van der Waals surface area contributed by atoms with E-state index in [0.29, 0.717) is 18.8 Å². The molecule has 1 fully saturated rings. The number of nitrogens with one attached hydrogen (secondary N) is 2. The van der Waals surface area contributed by atoms with Gasteiger partial charge in [-0.2, -0.15) is 13.2 Å². The number of amides is 1. The zero-order valence-corrected chi connectivity index (χ0v) is 16.9. The summed E-state index contributed by atoms with van der Waals surface area (Å²) in [5, 5.41) is 16.9. The van der Waals surface area contributed by atoms with Crippen LogP contribution in [0.15, 0.2) is 28.9 Å². The van der Waals surface area contributed by atoms with Crippen LogP contribution < -0.4 is 10.6 Å². The Bertz CT molecular complexity index is 903. The highest BCUT2D eigenvalue weighted by molar-refractivity contribution is 9.10. The lowest BCUT2D eigenvalue weighted by Gasteiger charge is -2.23. The second kappa shape index (κ2) is 9.69. The molecule has 30 heavy (non-hydrogen) atoms. The molecule has 3 rings (SSSR count). The summed E-state index contributed by atoms with van der Waals surface area (Å²) in [5.74, 6) is -6.58. The number of carboxylic acid groups (broad SMARTS) is 1. The van der Waals surface area contributed by atoms with Gasteiger partial charge in [0.25, 0.3) is 5.92 Å². The van der Waals surface area contributed by atoms with Crippen LogP contribution >= 0.6 is 15.9 Å². The number of hydrogen-bond donors (Lipinski definition) is 3. The lowest BCUT2D eigenvalue weighted by molar-refractivity contribution is -0.192. The molecule has 1 saturated heterocycles. The van der Waals surface area contributed by atoms with Crippen molar-refractivity contribution in [3.8, 4) is 0 Å². The molecule has 3 N–H and O–H groups in total. The molecule has 3 heterocycles. The number of alkyl halides is 5. The first-order valence-corrected chi connectivity index (χ1v) is 9.51. The van der Waals surface area contributed by atoms with E-state index in [-0.39, 0.29) is 19.4 Å². The van der Waals surface area contributed by atoms with Crippen molar-refractivity contribution in [1.82, 2.24) is 14.9 Å². The molecular weight excluding hydrogens is 483 g/mol. The molecule has 13 heteroatoms. The van der Waals surface area contributed by atoms with Crippen LogP contribution in [0.3, 0.4) is 0 Å². The number of anilines is 1. The Labute approximate surface area is 175 Å². The van der Waals surface area contributed by atoms with Crippen LogP contribution in [0.4, 0.5) is 27.8 Å². The highest BCUT2D eigenvalue weighted by Gasteiger charge is 2.41. The van der Waals surface area contributed by atoms with E-state index in [1.54, 1.807) is 16.8 Å². The third-order valence-corrected chi connectivity index (χ3v) is 4.74. The van der Waals surface area contributed by atoms with Crippen molar-refractivity contribution in [3.63, 3.8) is 0 Å². The maximum Gasteiger partial charge on any atom is 0.490 e. The highest BCUT2D eigenvalue weighted by Crippen LogP contribution is 2.34. The Morgan fingerprint density at radius 3 is 2.63 bits per heavy atom. The van der Waals surface area contributed by atoms with Crippen molar-refractivity contribution in [2.24, 2.45) is 5.92 Å². The van der Waals surface area contributed by atoms with Crippen LogP contribution in [0.1, 0.15) is 19.3 Å². The monoisotopic (exact) mass is 500 g/mol. The third-order valence-electron chi connectivity index (χ3n) is 4.27. The first-order valence-electron chi connectivity index (χ1n) is 8.72. The SMILES string of the molecule is O=C(CC1CCNCCC1(F)F)Nc1cc2ccc(Br)cn2n1.O=C(O)C(F)(F)F. The van der Waals surface area contributed by atoms with Gasteiger partial charge in [0.15, 0.2) is 5.82 Å². The minimum Gasteiger partial charge on any atom is -0.475 e. The van der Waals surface area contributed by atoms with Gasteiger partial charge in [-0.15, -0.1) is 5.10 Å². The van der Waals surface area contributed by atoms with E-state index >= 15 is 0 Å². The summed E-state index contributed by atoms with van der Waals surface area (Å²) < 4.78 is 62.2. The molecule has 166 valence electrons. The predicted molar refractivity (Wildman–Crippen MR) is 100 cm³/mol. The Balaban J connectivity index is 0.000000396. The first kappa shape index (κ1) is 24.0. The van der Waals surface area contributed by atoms with Crippen molar-refractivity contribution in [2.45, 2.75) is 31.4 Å². The fourth-order valence-corrected chi connectivity index (χ4v) is 3.09. The van der Waals surface area contributed by atoms with Crippen LogP contribution in [0.2, 0.25) is 0 Å². The number of carbonyl (C=O) groups excluding carboxylic acids is 1. The van der Waals surface area contributed by atoms with E-state index in [4.69, 9.17) is 9.90 Å². The van der Waals surface area contributed by atoms with Gasteiger partial charge in [-0.1, -0.05) is 0 Å². The highest BCUT2D eigenvalue weighted by atomic mass is 79.9. The van der Waals surface area contributed by atoms with Crippen molar-refractivity contribution < 1.29 is 36.6 Å². The van der Waals surface area contributed by atoms with Crippen molar-refractivity contribution in [1.29, 1.82) is 0 Å². The number of fused-ring (bicyclic) bond motifs is 1. The van der Waals surface area contributed by atoms with Gasteiger partial charge in [0.05, 0.1) is 5.52 Å². The van der Waals surface area contributed by atoms with Gasteiger partial charge in [0.2, 0.25) is 5.91 Å². The lowest BCUT2D eigenvalue weighted by atomic mass is 9.92. The number of halogens is 6. The van der Waals surface area contributed by atoms with Crippen LogP contribution in [-0.4, -0.2) is 51.8 Å². The van der Waals surface area contributed by atoms with Gasteiger partial charge in [-0.25, -0.2) is 18.1 Å². The van der Waals surface area contributed by atoms with Crippen molar-refractivity contribution >= 4 is 39.1 Å². The third kappa shape index (κ3) is 6.90. The fraction of sp³-hybridized carbons (Fsp3) is 0.471. The number of aromatic nitrogens is 2. The minimum absolute atomic E-state index is 0.202. The summed E-state index contributed by atoms with van der Waals surface area (Å²) in [4.78, 5) is 21.0. The number of hydrogen-bond acceptors (Lipinski definition) is 4. The van der Waals surface area contributed by atoms with Gasteiger partial charge in [-0.05, 0) is 41.0 Å².